The molecule has 2 bridgehead atoms. The number of hydrazine groups is 1. The van der Waals surface area contributed by atoms with E-state index in [9.17, 15) is 9.59 Å². The van der Waals surface area contributed by atoms with Crippen molar-refractivity contribution in [3.05, 3.63) is 12.2 Å². The fourth-order valence-corrected chi connectivity index (χ4v) is 2.18. The second kappa shape index (κ2) is 4.37. The molecule has 1 N–H and O–H groups in total. The maximum atomic E-state index is 12.0. The van der Waals surface area contributed by atoms with E-state index in [1.54, 1.807) is 19.9 Å². The van der Waals surface area contributed by atoms with E-state index in [1.807, 2.05) is 6.08 Å². The Morgan fingerprint density at radius 3 is 2.71 bits per heavy atom. The summed E-state index contributed by atoms with van der Waals surface area (Å²) in [4.78, 5) is 23.7. The van der Waals surface area contributed by atoms with Gasteiger partial charge in [0, 0.05) is 12.5 Å². The molecule has 2 rings (SSSR count). The van der Waals surface area contributed by atoms with Crippen LogP contribution in [0.4, 0.5) is 4.79 Å². The lowest BCUT2D eigenvalue weighted by Gasteiger charge is -2.32. The second-order valence-corrected chi connectivity index (χ2v) is 3.98. The van der Waals surface area contributed by atoms with Crippen molar-refractivity contribution in [3.63, 3.8) is 0 Å². The zero-order chi connectivity index (χ0) is 12.5. The molecular formula is C11H16N2O4. The first-order chi connectivity index (χ1) is 8.14. The quantitative estimate of drug-likeness (QED) is 0.577. The Hall–Kier alpha value is -1.56. The third kappa shape index (κ3) is 1.78. The molecule has 2 aliphatic rings. The fraction of sp³-hybridized carbons (Fsp3) is 0.636. The molecule has 94 valence electrons. The summed E-state index contributed by atoms with van der Waals surface area (Å²) in [5.74, 6) is -0.420. The van der Waals surface area contributed by atoms with E-state index < -0.39 is 17.6 Å². The number of carbonyl (C=O) groups excluding carboxylic acids is 2. The lowest BCUT2D eigenvalue weighted by molar-refractivity contribution is -0.153. The van der Waals surface area contributed by atoms with Crippen molar-refractivity contribution in [1.82, 2.24) is 10.4 Å². The van der Waals surface area contributed by atoms with Gasteiger partial charge in [-0.1, -0.05) is 6.08 Å². The predicted molar refractivity (Wildman–Crippen MR) is 58.9 cm³/mol. The Balaban J connectivity index is 2.20. The van der Waals surface area contributed by atoms with Crippen molar-refractivity contribution in [1.29, 1.82) is 0 Å². The first kappa shape index (κ1) is 11.9. The normalized spacial score (nSPS) is 29.5. The van der Waals surface area contributed by atoms with Crippen LogP contribution in [0.15, 0.2) is 12.2 Å². The van der Waals surface area contributed by atoms with Crippen molar-refractivity contribution in [2.75, 3.05) is 13.2 Å². The summed E-state index contributed by atoms with van der Waals surface area (Å²) in [6.45, 7) is 4.01. The van der Waals surface area contributed by atoms with Gasteiger partial charge in [-0.15, -0.1) is 0 Å². The number of hydrogen-bond donors (Lipinski definition) is 1. The SMILES string of the molecule is CCOC(=O)N1NC2C=CC1(C(=O)OCC)C2. The molecule has 1 saturated heterocycles. The highest BCUT2D eigenvalue weighted by Gasteiger charge is 2.56. The number of esters is 1. The third-order valence-electron chi connectivity index (χ3n) is 2.91. The Kier molecular flexibility index (Phi) is 3.06. The van der Waals surface area contributed by atoms with Crippen LogP contribution in [0.5, 0.6) is 0 Å². The van der Waals surface area contributed by atoms with Crippen LogP contribution < -0.4 is 5.43 Å². The molecule has 0 aromatic carbocycles. The van der Waals surface area contributed by atoms with Gasteiger partial charge in [-0.3, -0.25) is 0 Å². The maximum absolute atomic E-state index is 12.0. The Morgan fingerprint density at radius 2 is 2.12 bits per heavy atom. The number of hydrogen-bond acceptors (Lipinski definition) is 5. The predicted octanol–water partition coefficient (Wildman–Crippen LogP) is 0.593. The lowest BCUT2D eigenvalue weighted by atomic mass is 10.00. The topological polar surface area (TPSA) is 67.9 Å². The minimum atomic E-state index is -1.03. The summed E-state index contributed by atoms with van der Waals surface area (Å²) in [7, 11) is 0. The van der Waals surface area contributed by atoms with Gasteiger partial charge in [0.2, 0.25) is 0 Å². The number of rotatable bonds is 3. The maximum Gasteiger partial charge on any atom is 0.425 e. The summed E-state index contributed by atoms with van der Waals surface area (Å²) in [5, 5.41) is 1.24. The van der Waals surface area contributed by atoms with Crippen LogP contribution in [0.2, 0.25) is 0 Å². The number of fused-ring (bicyclic) bond motifs is 2. The van der Waals surface area contributed by atoms with Crippen molar-refractivity contribution < 1.29 is 19.1 Å². The van der Waals surface area contributed by atoms with Crippen LogP contribution >= 0.6 is 0 Å². The van der Waals surface area contributed by atoms with Gasteiger partial charge < -0.3 is 9.47 Å². The molecule has 0 saturated carbocycles. The van der Waals surface area contributed by atoms with Gasteiger partial charge in [-0.25, -0.2) is 20.0 Å². The van der Waals surface area contributed by atoms with Gasteiger partial charge in [0.1, 0.15) is 0 Å². The molecule has 1 aliphatic carbocycles. The Bertz CT molecular complexity index is 368. The van der Waals surface area contributed by atoms with Gasteiger partial charge in [-0.05, 0) is 19.9 Å². The molecule has 1 heterocycles. The van der Waals surface area contributed by atoms with E-state index in [-0.39, 0.29) is 19.3 Å². The van der Waals surface area contributed by atoms with E-state index in [4.69, 9.17) is 9.47 Å². The van der Waals surface area contributed by atoms with E-state index >= 15 is 0 Å². The van der Waals surface area contributed by atoms with Crippen molar-refractivity contribution in [3.8, 4) is 0 Å². The third-order valence-corrected chi connectivity index (χ3v) is 2.91. The second-order valence-electron chi connectivity index (χ2n) is 3.98. The van der Waals surface area contributed by atoms with E-state index in [0.717, 1.165) is 0 Å². The lowest BCUT2D eigenvalue weighted by Crippen LogP contribution is -2.57. The number of nitrogens with zero attached hydrogens (tertiary/aromatic N) is 1. The van der Waals surface area contributed by atoms with Crippen LogP contribution in [0.25, 0.3) is 0 Å². The standard InChI is InChI=1S/C11H16N2O4/c1-3-16-9(14)11-6-5-8(7-11)12-13(11)10(15)17-4-2/h5-6,8,12H,3-4,7H2,1-2H3. The largest absolute Gasteiger partial charge is 0.464 e. The first-order valence-corrected chi connectivity index (χ1v) is 5.73. The van der Waals surface area contributed by atoms with Gasteiger partial charge >= 0.3 is 12.1 Å². The number of nitrogens with one attached hydrogen (secondary N) is 1. The van der Waals surface area contributed by atoms with Crippen molar-refractivity contribution in [2.24, 2.45) is 0 Å². The zero-order valence-electron chi connectivity index (χ0n) is 9.93. The highest BCUT2D eigenvalue weighted by atomic mass is 16.6. The van der Waals surface area contributed by atoms with Gasteiger partial charge in [0.05, 0.1) is 13.2 Å². The zero-order valence-corrected chi connectivity index (χ0v) is 9.93. The first-order valence-electron chi connectivity index (χ1n) is 5.73. The summed E-state index contributed by atoms with van der Waals surface area (Å²) < 4.78 is 9.94. The molecule has 1 fully saturated rings. The number of amides is 1. The summed E-state index contributed by atoms with van der Waals surface area (Å²) in [5.41, 5.74) is 1.89. The fourth-order valence-electron chi connectivity index (χ4n) is 2.18. The summed E-state index contributed by atoms with van der Waals surface area (Å²) in [6, 6.07) is -0.0104. The van der Waals surface area contributed by atoms with E-state index in [2.05, 4.69) is 5.43 Å². The van der Waals surface area contributed by atoms with Gasteiger partial charge in [0.15, 0.2) is 5.54 Å². The van der Waals surface area contributed by atoms with E-state index in [1.165, 1.54) is 5.01 Å². The van der Waals surface area contributed by atoms with Gasteiger partial charge in [0.25, 0.3) is 0 Å². The Labute approximate surface area is 99.5 Å². The molecule has 0 radical (unpaired) electrons. The molecule has 1 amide bonds. The number of ether oxygens (including phenoxy) is 2. The van der Waals surface area contributed by atoms with Crippen molar-refractivity contribution >= 4 is 12.1 Å². The monoisotopic (exact) mass is 240 g/mol. The highest BCUT2D eigenvalue weighted by molar-refractivity contribution is 5.89. The van der Waals surface area contributed by atoms with Crippen LogP contribution in [0.1, 0.15) is 20.3 Å². The van der Waals surface area contributed by atoms with Gasteiger partial charge in [-0.2, -0.15) is 0 Å². The molecule has 6 nitrogen and oxygen atoms in total. The summed E-state index contributed by atoms with van der Waals surface area (Å²) in [6.07, 6.45) is 3.54. The van der Waals surface area contributed by atoms with Crippen LogP contribution in [-0.4, -0.2) is 41.9 Å². The molecular weight excluding hydrogens is 224 g/mol. The van der Waals surface area contributed by atoms with Crippen LogP contribution in [-0.2, 0) is 14.3 Å². The minimum Gasteiger partial charge on any atom is -0.464 e. The summed E-state index contributed by atoms with van der Waals surface area (Å²) >= 11 is 0. The number of carbonyl (C=O) groups is 2. The molecule has 2 unspecified atom stereocenters. The van der Waals surface area contributed by atoms with Crippen LogP contribution in [0, 0.1) is 0 Å². The van der Waals surface area contributed by atoms with E-state index in [0.29, 0.717) is 6.42 Å². The van der Waals surface area contributed by atoms with Crippen LogP contribution in [0.3, 0.4) is 0 Å². The molecule has 17 heavy (non-hydrogen) atoms. The smallest absolute Gasteiger partial charge is 0.425 e. The molecule has 0 spiro atoms. The average molecular weight is 240 g/mol. The highest BCUT2D eigenvalue weighted by Crippen LogP contribution is 2.36. The minimum absolute atomic E-state index is 0.0104. The molecule has 6 heteroatoms. The molecule has 0 aromatic heterocycles. The Morgan fingerprint density at radius 1 is 1.41 bits per heavy atom. The van der Waals surface area contributed by atoms with Crippen molar-refractivity contribution in [2.45, 2.75) is 31.8 Å². The molecule has 1 aliphatic heterocycles. The molecule has 0 aromatic rings. The molecule has 2 atom stereocenters. The average Bonchev–Trinajstić information content (AvgIpc) is 2.88.